The molecule has 6 heteroatoms. The molecule has 3 aliphatic rings. The van der Waals surface area contributed by atoms with Crippen LogP contribution in [0.2, 0.25) is 0 Å². The third-order valence-electron chi connectivity index (χ3n) is 7.42. The highest BCUT2D eigenvalue weighted by atomic mass is 16.5. The number of hydrogen-bond donors (Lipinski definition) is 2. The highest BCUT2D eigenvalue weighted by molar-refractivity contribution is 5.88. The lowest BCUT2D eigenvalue weighted by molar-refractivity contribution is -0.139. The normalized spacial score (nSPS) is 22.5. The minimum absolute atomic E-state index is 0.0583. The largest absolute Gasteiger partial charge is 0.497 e. The number of nitrogens with zero attached hydrogens (tertiary/aromatic N) is 1. The van der Waals surface area contributed by atoms with Gasteiger partial charge in [-0.2, -0.15) is 0 Å². The predicted octanol–water partition coefficient (Wildman–Crippen LogP) is 4.15. The van der Waals surface area contributed by atoms with Crippen LogP contribution in [-0.4, -0.2) is 56.3 Å². The summed E-state index contributed by atoms with van der Waals surface area (Å²) >= 11 is 0. The van der Waals surface area contributed by atoms with Crippen molar-refractivity contribution in [1.29, 1.82) is 0 Å². The van der Waals surface area contributed by atoms with Crippen molar-refractivity contribution in [2.75, 3.05) is 40.5 Å². The standard InChI is InChI=1S/C23H31N3O3.C2H6/c1-28-13-19-21-20(17-7-6-16(29-2)12-18(17)25-21)23(14-24-19)8-10-26(11-9-23)22(27)15-4-3-5-15;1-2/h6-7,12,15,19,24-25H,3-5,8-11,13-14H2,1-2H3;1-2H3. The molecule has 2 fully saturated rings. The Balaban J connectivity index is 0.00000112. The van der Waals surface area contributed by atoms with Crippen LogP contribution in [0.5, 0.6) is 5.75 Å². The quantitative estimate of drug-likeness (QED) is 0.769. The highest BCUT2D eigenvalue weighted by Crippen LogP contribution is 2.46. The van der Waals surface area contributed by atoms with Gasteiger partial charge in [-0.25, -0.2) is 0 Å². The second-order valence-electron chi connectivity index (χ2n) is 8.95. The number of carbonyl (C=O) groups excluding carboxylic acids is 1. The molecule has 1 saturated heterocycles. The smallest absolute Gasteiger partial charge is 0.225 e. The Kier molecular flexibility index (Phi) is 6.58. The molecule has 1 spiro atoms. The summed E-state index contributed by atoms with van der Waals surface area (Å²) in [6.45, 7) is 7.28. The number of carbonyl (C=O) groups is 1. The molecule has 2 aromatic rings. The maximum atomic E-state index is 12.7. The number of ether oxygens (including phenoxy) is 2. The van der Waals surface area contributed by atoms with Crippen molar-refractivity contribution in [3.8, 4) is 5.75 Å². The number of likely N-dealkylation sites (tertiary alicyclic amines) is 1. The molecule has 1 amide bonds. The van der Waals surface area contributed by atoms with Gasteiger partial charge in [-0.15, -0.1) is 0 Å². The minimum atomic E-state index is 0.0583. The second kappa shape index (κ2) is 9.21. The Labute approximate surface area is 185 Å². The van der Waals surface area contributed by atoms with E-state index in [1.165, 1.54) is 23.1 Å². The van der Waals surface area contributed by atoms with Gasteiger partial charge in [0.15, 0.2) is 0 Å². The van der Waals surface area contributed by atoms with E-state index in [4.69, 9.17) is 9.47 Å². The number of piperidine rings is 1. The number of aromatic amines is 1. The Morgan fingerprint density at radius 1 is 1.19 bits per heavy atom. The van der Waals surface area contributed by atoms with Crippen molar-refractivity contribution >= 4 is 16.8 Å². The van der Waals surface area contributed by atoms with E-state index in [9.17, 15) is 4.79 Å². The van der Waals surface area contributed by atoms with Gasteiger partial charge in [-0.3, -0.25) is 4.79 Å². The molecule has 1 aromatic heterocycles. The van der Waals surface area contributed by atoms with Crippen LogP contribution in [-0.2, 0) is 14.9 Å². The first kappa shape index (κ1) is 22.2. The molecule has 170 valence electrons. The molecule has 6 nitrogen and oxygen atoms in total. The summed E-state index contributed by atoms with van der Waals surface area (Å²) in [4.78, 5) is 18.5. The number of benzene rings is 1. The van der Waals surface area contributed by atoms with Crippen LogP contribution >= 0.6 is 0 Å². The van der Waals surface area contributed by atoms with Crippen molar-refractivity contribution < 1.29 is 14.3 Å². The molecular formula is C25H37N3O3. The second-order valence-corrected chi connectivity index (χ2v) is 8.95. The van der Waals surface area contributed by atoms with Crippen LogP contribution in [0.3, 0.4) is 0 Å². The third kappa shape index (κ3) is 3.85. The molecule has 1 saturated carbocycles. The number of rotatable bonds is 4. The van der Waals surface area contributed by atoms with E-state index in [2.05, 4.69) is 27.3 Å². The Bertz CT molecular complexity index is 910. The lowest BCUT2D eigenvalue weighted by atomic mass is 9.68. The van der Waals surface area contributed by atoms with E-state index >= 15 is 0 Å². The van der Waals surface area contributed by atoms with Gasteiger partial charge < -0.3 is 24.7 Å². The fourth-order valence-electron chi connectivity index (χ4n) is 5.47. The summed E-state index contributed by atoms with van der Waals surface area (Å²) in [5.41, 5.74) is 3.83. The van der Waals surface area contributed by atoms with Crippen molar-refractivity contribution in [2.45, 2.75) is 57.4 Å². The zero-order chi connectivity index (χ0) is 22.0. The van der Waals surface area contributed by atoms with Crippen molar-refractivity contribution in [3.63, 3.8) is 0 Å². The molecule has 2 aliphatic heterocycles. The van der Waals surface area contributed by atoms with E-state index in [1.54, 1.807) is 14.2 Å². The van der Waals surface area contributed by atoms with Crippen LogP contribution in [0, 0.1) is 5.92 Å². The van der Waals surface area contributed by atoms with Crippen LogP contribution < -0.4 is 10.1 Å². The van der Waals surface area contributed by atoms with Gasteiger partial charge >= 0.3 is 0 Å². The van der Waals surface area contributed by atoms with Crippen LogP contribution in [0.25, 0.3) is 10.9 Å². The number of hydrogen-bond acceptors (Lipinski definition) is 4. The predicted molar refractivity (Wildman–Crippen MR) is 124 cm³/mol. The SMILES string of the molecule is CC.COCC1NCC2(CCN(C(=O)C3CCC3)CC2)c2c1[nH]c1cc(OC)ccc21. The van der Waals surface area contributed by atoms with Gasteiger partial charge in [0, 0.05) is 60.7 Å². The first-order chi connectivity index (χ1) is 15.1. The van der Waals surface area contributed by atoms with Gasteiger partial charge in [0.1, 0.15) is 5.75 Å². The minimum Gasteiger partial charge on any atom is -0.497 e. The summed E-state index contributed by atoms with van der Waals surface area (Å²) in [6.07, 6.45) is 5.37. The maximum absolute atomic E-state index is 12.7. The molecule has 1 aromatic carbocycles. The van der Waals surface area contributed by atoms with E-state index in [1.807, 2.05) is 19.9 Å². The highest BCUT2D eigenvalue weighted by Gasteiger charge is 2.45. The molecule has 3 heterocycles. The summed E-state index contributed by atoms with van der Waals surface area (Å²) in [7, 11) is 3.46. The van der Waals surface area contributed by atoms with E-state index in [0.717, 1.165) is 56.6 Å². The third-order valence-corrected chi connectivity index (χ3v) is 7.42. The Morgan fingerprint density at radius 3 is 2.55 bits per heavy atom. The summed E-state index contributed by atoms with van der Waals surface area (Å²) in [6, 6.07) is 6.48. The summed E-state index contributed by atoms with van der Waals surface area (Å²) in [5.74, 6) is 1.54. The Hall–Kier alpha value is -2.05. The maximum Gasteiger partial charge on any atom is 0.225 e. The number of H-pyrrole nitrogens is 1. The van der Waals surface area contributed by atoms with Gasteiger partial charge in [0.2, 0.25) is 5.91 Å². The summed E-state index contributed by atoms with van der Waals surface area (Å²) < 4.78 is 10.9. The molecule has 2 N–H and O–H groups in total. The van der Waals surface area contributed by atoms with Crippen LogP contribution in [0.15, 0.2) is 18.2 Å². The molecule has 0 radical (unpaired) electrons. The molecular weight excluding hydrogens is 390 g/mol. The van der Waals surface area contributed by atoms with E-state index < -0.39 is 0 Å². The number of aromatic nitrogens is 1. The first-order valence-corrected chi connectivity index (χ1v) is 11.9. The fraction of sp³-hybridized carbons (Fsp3) is 0.640. The van der Waals surface area contributed by atoms with Crippen LogP contribution in [0.4, 0.5) is 0 Å². The number of nitrogens with one attached hydrogen (secondary N) is 2. The van der Waals surface area contributed by atoms with Gasteiger partial charge in [-0.1, -0.05) is 20.3 Å². The van der Waals surface area contributed by atoms with Crippen molar-refractivity contribution in [1.82, 2.24) is 15.2 Å². The van der Waals surface area contributed by atoms with Crippen LogP contribution in [0.1, 0.15) is 63.3 Å². The molecule has 0 bridgehead atoms. The average molecular weight is 428 g/mol. The zero-order valence-electron chi connectivity index (χ0n) is 19.4. The Morgan fingerprint density at radius 2 is 1.94 bits per heavy atom. The van der Waals surface area contributed by atoms with Crippen molar-refractivity contribution in [2.24, 2.45) is 5.92 Å². The molecule has 1 atom stereocenters. The van der Waals surface area contributed by atoms with Crippen molar-refractivity contribution in [3.05, 3.63) is 29.5 Å². The zero-order valence-corrected chi connectivity index (χ0v) is 19.4. The number of amides is 1. The lowest BCUT2D eigenvalue weighted by Crippen LogP contribution is -2.54. The lowest BCUT2D eigenvalue weighted by Gasteiger charge is -2.47. The summed E-state index contributed by atoms with van der Waals surface area (Å²) in [5, 5.41) is 5.00. The average Bonchev–Trinajstić information content (AvgIpc) is 3.16. The first-order valence-electron chi connectivity index (χ1n) is 11.9. The van der Waals surface area contributed by atoms with Gasteiger partial charge in [-0.05, 0) is 43.4 Å². The molecule has 31 heavy (non-hydrogen) atoms. The number of methoxy groups -OCH3 is 2. The van der Waals surface area contributed by atoms with E-state index in [0.29, 0.717) is 12.5 Å². The molecule has 5 rings (SSSR count). The molecule has 1 unspecified atom stereocenters. The van der Waals surface area contributed by atoms with Gasteiger partial charge in [0.05, 0.1) is 19.8 Å². The molecule has 1 aliphatic carbocycles. The van der Waals surface area contributed by atoms with Gasteiger partial charge in [0.25, 0.3) is 0 Å². The fourth-order valence-corrected chi connectivity index (χ4v) is 5.47. The monoisotopic (exact) mass is 427 g/mol. The van der Waals surface area contributed by atoms with E-state index in [-0.39, 0.29) is 17.4 Å². The topological polar surface area (TPSA) is 66.6 Å². The number of fused-ring (bicyclic) bond motifs is 4.